The highest BCUT2D eigenvalue weighted by atomic mass is 32.1. The molecular formula is C16H16N2OS. The zero-order chi connectivity index (χ0) is 13.9. The quantitative estimate of drug-likeness (QED) is 0.781. The molecule has 3 aromatic rings. The minimum Gasteiger partial charge on any atom is -0.361 e. The minimum absolute atomic E-state index is 0.0676. The summed E-state index contributed by atoms with van der Waals surface area (Å²) in [6, 6.07) is 11.9. The van der Waals surface area contributed by atoms with E-state index in [1.807, 2.05) is 43.6 Å². The molecule has 3 rings (SSSR count). The molecule has 0 aliphatic carbocycles. The van der Waals surface area contributed by atoms with Gasteiger partial charge in [-0.3, -0.25) is 4.79 Å². The number of amides is 1. The number of aromatic amines is 1. The minimum atomic E-state index is 0.0676. The van der Waals surface area contributed by atoms with Crippen LogP contribution in [-0.2, 0) is 6.42 Å². The highest BCUT2D eigenvalue weighted by Gasteiger charge is 2.12. The van der Waals surface area contributed by atoms with Crippen LogP contribution in [0.25, 0.3) is 10.9 Å². The highest BCUT2D eigenvalue weighted by Crippen LogP contribution is 2.16. The second-order valence-corrected chi connectivity index (χ2v) is 5.87. The van der Waals surface area contributed by atoms with Crippen LogP contribution in [0.4, 0.5) is 0 Å². The fourth-order valence-electron chi connectivity index (χ4n) is 2.24. The van der Waals surface area contributed by atoms with E-state index in [0.717, 1.165) is 29.4 Å². The van der Waals surface area contributed by atoms with Gasteiger partial charge in [-0.05, 0) is 41.5 Å². The summed E-state index contributed by atoms with van der Waals surface area (Å²) in [6.45, 7) is 0.738. The summed E-state index contributed by atoms with van der Waals surface area (Å²) in [5.74, 6) is 0.0676. The van der Waals surface area contributed by atoms with Crippen molar-refractivity contribution in [2.45, 2.75) is 6.42 Å². The van der Waals surface area contributed by atoms with Crippen molar-refractivity contribution in [2.24, 2.45) is 0 Å². The number of benzene rings is 1. The van der Waals surface area contributed by atoms with Gasteiger partial charge in [-0.2, -0.15) is 0 Å². The summed E-state index contributed by atoms with van der Waals surface area (Å²) in [7, 11) is 1.86. The maximum absolute atomic E-state index is 12.4. The fourth-order valence-corrected chi connectivity index (χ4v) is 2.93. The van der Waals surface area contributed by atoms with E-state index in [4.69, 9.17) is 0 Å². The summed E-state index contributed by atoms with van der Waals surface area (Å²) in [5, 5.41) is 3.19. The monoisotopic (exact) mass is 284 g/mol. The molecule has 1 amide bonds. The van der Waals surface area contributed by atoms with Crippen molar-refractivity contribution in [2.75, 3.05) is 13.6 Å². The molecule has 0 bridgehead atoms. The number of hydrogen-bond acceptors (Lipinski definition) is 2. The molecule has 0 spiro atoms. The smallest absolute Gasteiger partial charge is 0.253 e. The summed E-state index contributed by atoms with van der Waals surface area (Å²) in [5.41, 5.74) is 1.73. The van der Waals surface area contributed by atoms with Gasteiger partial charge in [0.05, 0.1) is 0 Å². The van der Waals surface area contributed by atoms with Crippen LogP contribution >= 0.6 is 11.3 Å². The first-order valence-corrected chi connectivity index (χ1v) is 7.47. The van der Waals surface area contributed by atoms with Crippen molar-refractivity contribution >= 4 is 28.1 Å². The van der Waals surface area contributed by atoms with Crippen LogP contribution in [0.1, 0.15) is 15.2 Å². The summed E-state index contributed by atoms with van der Waals surface area (Å²) >= 11 is 1.73. The highest BCUT2D eigenvalue weighted by molar-refractivity contribution is 7.09. The van der Waals surface area contributed by atoms with Gasteiger partial charge in [0.1, 0.15) is 0 Å². The van der Waals surface area contributed by atoms with Crippen LogP contribution in [0.2, 0.25) is 0 Å². The standard InChI is InChI=1S/C16H16N2OS/c1-18(9-7-14-3-2-10-20-14)16(19)13-5-4-12-6-8-17-15(12)11-13/h2-6,8,10-11,17H,7,9H2,1H3. The number of fused-ring (bicyclic) bond motifs is 1. The Bertz CT molecular complexity index is 715. The van der Waals surface area contributed by atoms with E-state index < -0.39 is 0 Å². The van der Waals surface area contributed by atoms with Gasteiger partial charge in [-0.25, -0.2) is 0 Å². The Labute approximate surface area is 121 Å². The van der Waals surface area contributed by atoms with Gasteiger partial charge in [0.2, 0.25) is 0 Å². The average molecular weight is 284 g/mol. The lowest BCUT2D eigenvalue weighted by Crippen LogP contribution is -2.28. The Morgan fingerprint density at radius 1 is 1.30 bits per heavy atom. The molecule has 0 saturated carbocycles. The maximum Gasteiger partial charge on any atom is 0.253 e. The van der Waals surface area contributed by atoms with E-state index in [0.29, 0.717) is 0 Å². The van der Waals surface area contributed by atoms with Crippen LogP contribution in [0.15, 0.2) is 48.0 Å². The van der Waals surface area contributed by atoms with E-state index in [-0.39, 0.29) is 5.91 Å². The average Bonchev–Trinajstić information content (AvgIpc) is 3.13. The molecule has 0 unspecified atom stereocenters. The molecule has 0 atom stereocenters. The molecule has 0 saturated heterocycles. The van der Waals surface area contributed by atoms with Crippen LogP contribution in [0, 0.1) is 0 Å². The molecule has 20 heavy (non-hydrogen) atoms. The summed E-state index contributed by atoms with van der Waals surface area (Å²) < 4.78 is 0. The molecule has 102 valence electrons. The number of rotatable bonds is 4. The van der Waals surface area contributed by atoms with E-state index in [1.165, 1.54) is 4.88 Å². The SMILES string of the molecule is CN(CCc1cccs1)C(=O)c1ccc2cc[nH]c2c1. The lowest BCUT2D eigenvalue weighted by molar-refractivity contribution is 0.0797. The zero-order valence-corrected chi connectivity index (χ0v) is 12.1. The fraction of sp³-hybridized carbons (Fsp3) is 0.188. The van der Waals surface area contributed by atoms with Gasteiger partial charge in [0.25, 0.3) is 5.91 Å². The lowest BCUT2D eigenvalue weighted by atomic mass is 10.1. The lowest BCUT2D eigenvalue weighted by Gasteiger charge is -2.16. The third-order valence-electron chi connectivity index (χ3n) is 3.42. The number of nitrogens with one attached hydrogen (secondary N) is 1. The zero-order valence-electron chi connectivity index (χ0n) is 11.3. The molecule has 1 aromatic carbocycles. The second-order valence-electron chi connectivity index (χ2n) is 4.84. The number of aromatic nitrogens is 1. The Kier molecular flexibility index (Phi) is 3.56. The van der Waals surface area contributed by atoms with Crippen molar-refractivity contribution in [3.05, 3.63) is 58.4 Å². The summed E-state index contributed by atoms with van der Waals surface area (Å²) in [6.07, 6.45) is 2.80. The number of carbonyl (C=O) groups is 1. The van der Waals surface area contributed by atoms with Crippen LogP contribution < -0.4 is 0 Å². The van der Waals surface area contributed by atoms with Gasteiger partial charge in [0, 0.05) is 35.7 Å². The molecule has 4 heteroatoms. The number of hydrogen-bond donors (Lipinski definition) is 1. The van der Waals surface area contributed by atoms with Crippen molar-refractivity contribution in [3.63, 3.8) is 0 Å². The first-order valence-electron chi connectivity index (χ1n) is 6.59. The normalized spacial score (nSPS) is 10.8. The molecule has 1 N–H and O–H groups in total. The van der Waals surface area contributed by atoms with E-state index >= 15 is 0 Å². The number of H-pyrrole nitrogens is 1. The largest absolute Gasteiger partial charge is 0.361 e. The number of likely N-dealkylation sites (N-methyl/N-ethyl adjacent to an activating group) is 1. The molecule has 0 radical (unpaired) electrons. The predicted molar refractivity (Wildman–Crippen MR) is 83.3 cm³/mol. The molecule has 0 fully saturated rings. The molecule has 2 aromatic heterocycles. The topological polar surface area (TPSA) is 36.1 Å². The number of nitrogens with zero attached hydrogens (tertiary/aromatic N) is 1. The number of carbonyl (C=O) groups excluding carboxylic acids is 1. The molecule has 2 heterocycles. The van der Waals surface area contributed by atoms with E-state index in [9.17, 15) is 4.79 Å². The molecular weight excluding hydrogens is 268 g/mol. The second kappa shape index (κ2) is 5.51. The van der Waals surface area contributed by atoms with Gasteiger partial charge in [-0.15, -0.1) is 11.3 Å². The van der Waals surface area contributed by atoms with Gasteiger partial charge in [-0.1, -0.05) is 12.1 Å². The maximum atomic E-state index is 12.4. The Morgan fingerprint density at radius 2 is 2.20 bits per heavy atom. The van der Waals surface area contributed by atoms with Gasteiger partial charge in [0.15, 0.2) is 0 Å². The molecule has 3 nitrogen and oxygen atoms in total. The molecule has 0 aliphatic rings. The molecule has 0 aliphatic heterocycles. The first-order chi connectivity index (χ1) is 9.74. The van der Waals surface area contributed by atoms with E-state index in [1.54, 1.807) is 16.2 Å². The Hall–Kier alpha value is -2.07. The third-order valence-corrected chi connectivity index (χ3v) is 4.36. The third kappa shape index (κ3) is 2.60. The van der Waals surface area contributed by atoms with Crippen LogP contribution in [0.5, 0.6) is 0 Å². The van der Waals surface area contributed by atoms with Crippen molar-refractivity contribution in [1.82, 2.24) is 9.88 Å². The number of thiophene rings is 1. The van der Waals surface area contributed by atoms with Crippen LogP contribution in [0.3, 0.4) is 0 Å². The Balaban J connectivity index is 1.70. The van der Waals surface area contributed by atoms with Crippen molar-refractivity contribution in [1.29, 1.82) is 0 Å². The Morgan fingerprint density at radius 3 is 3.00 bits per heavy atom. The predicted octanol–water partition coefficient (Wildman–Crippen LogP) is 3.54. The van der Waals surface area contributed by atoms with Crippen LogP contribution in [-0.4, -0.2) is 29.4 Å². The summed E-state index contributed by atoms with van der Waals surface area (Å²) in [4.78, 5) is 18.6. The van der Waals surface area contributed by atoms with Gasteiger partial charge >= 0.3 is 0 Å². The van der Waals surface area contributed by atoms with Gasteiger partial charge < -0.3 is 9.88 Å². The van der Waals surface area contributed by atoms with Crippen molar-refractivity contribution < 1.29 is 4.79 Å². The van der Waals surface area contributed by atoms with Crippen molar-refractivity contribution in [3.8, 4) is 0 Å². The first kappa shape index (κ1) is 12.9. The van der Waals surface area contributed by atoms with E-state index in [2.05, 4.69) is 16.4 Å².